The molecule has 0 saturated carbocycles. The zero-order valence-corrected chi connectivity index (χ0v) is 13.0. The van der Waals surface area contributed by atoms with Gasteiger partial charge in [0, 0.05) is 12.2 Å². The van der Waals surface area contributed by atoms with E-state index in [1.165, 1.54) is 18.5 Å². The summed E-state index contributed by atoms with van der Waals surface area (Å²) in [4.78, 5) is 0. The maximum atomic E-state index is 12.7. The normalized spacial score (nSPS) is 14.4. The summed E-state index contributed by atoms with van der Waals surface area (Å²) in [6.45, 7) is 0.783. The van der Waals surface area contributed by atoms with Crippen molar-refractivity contribution in [2.45, 2.75) is 32.0 Å². The van der Waals surface area contributed by atoms with E-state index in [9.17, 15) is 13.2 Å². The molecule has 6 nitrogen and oxygen atoms in total. The van der Waals surface area contributed by atoms with Crippen molar-refractivity contribution in [3.05, 3.63) is 41.9 Å². The van der Waals surface area contributed by atoms with Gasteiger partial charge in [0.2, 0.25) is 6.39 Å². The zero-order chi connectivity index (χ0) is 17.4. The van der Waals surface area contributed by atoms with E-state index in [0.29, 0.717) is 17.1 Å². The van der Waals surface area contributed by atoms with Crippen molar-refractivity contribution in [2.24, 2.45) is 0 Å². The molecule has 4 rings (SSSR count). The Labute approximate surface area is 140 Å². The number of anilines is 2. The topological polar surface area (TPSA) is 68.8 Å². The second-order valence-electron chi connectivity index (χ2n) is 5.79. The number of hydrogen-bond donors (Lipinski definition) is 1. The molecule has 1 aliphatic heterocycles. The summed E-state index contributed by atoms with van der Waals surface area (Å²) < 4.78 is 45.3. The van der Waals surface area contributed by atoms with Gasteiger partial charge in [-0.15, -0.1) is 10.2 Å². The summed E-state index contributed by atoms with van der Waals surface area (Å²) in [5.41, 5.74) is 2.04. The quantitative estimate of drug-likeness (QED) is 0.773. The van der Waals surface area contributed by atoms with Gasteiger partial charge in [0.05, 0.1) is 16.9 Å². The third-order valence-corrected chi connectivity index (χ3v) is 4.14. The second kappa shape index (κ2) is 5.91. The van der Waals surface area contributed by atoms with Crippen molar-refractivity contribution in [1.29, 1.82) is 0 Å². The van der Waals surface area contributed by atoms with Gasteiger partial charge in [0.15, 0.2) is 5.69 Å². The number of aryl methyl sites for hydroxylation is 1. The molecule has 25 heavy (non-hydrogen) atoms. The van der Waals surface area contributed by atoms with E-state index >= 15 is 0 Å². The molecule has 2 aromatic heterocycles. The maximum Gasteiger partial charge on any atom is 0.416 e. The second-order valence-corrected chi connectivity index (χ2v) is 5.79. The van der Waals surface area contributed by atoms with E-state index in [-0.39, 0.29) is 5.89 Å². The number of aromatic nitrogens is 4. The predicted octanol–water partition coefficient (Wildman–Crippen LogP) is 4.03. The molecule has 0 bridgehead atoms. The molecule has 0 radical (unpaired) electrons. The smallest absolute Gasteiger partial charge is 0.416 e. The fourth-order valence-corrected chi connectivity index (χ4v) is 2.93. The number of benzene rings is 1. The third kappa shape index (κ3) is 2.97. The lowest BCUT2D eigenvalue weighted by molar-refractivity contribution is -0.137. The highest BCUT2D eigenvalue weighted by Crippen LogP contribution is 2.35. The molecular formula is C16H14F3N5O. The Hall–Kier alpha value is -2.84. The predicted molar refractivity (Wildman–Crippen MR) is 83.2 cm³/mol. The van der Waals surface area contributed by atoms with E-state index in [2.05, 4.69) is 20.6 Å². The fourth-order valence-electron chi connectivity index (χ4n) is 2.93. The molecule has 0 spiro atoms. The molecular weight excluding hydrogens is 335 g/mol. The molecule has 1 N–H and O–H groups in total. The zero-order valence-electron chi connectivity index (χ0n) is 13.0. The number of nitrogens with zero attached hydrogens (tertiary/aromatic N) is 4. The molecule has 0 unspecified atom stereocenters. The first kappa shape index (κ1) is 15.7. The van der Waals surface area contributed by atoms with Crippen LogP contribution in [0, 0.1) is 0 Å². The van der Waals surface area contributed by atoms with Crippen LogP contribution in [0.4, 0.5) is 24.5 Å². The SMILES string of the molecule is FC(F)(F)c1ccc(Nc2c(-c3nnco3)nn3c2CCCC3)cc1. The standard InChI is InChI=1S/C16H14F3N5O/c17-16(18,19)10-4-6-11(7-5-10)21-13-12-3-1-2-8-24(12)23-14(13)15-22-20-9-25-15/h4-7,9,21H,1-3,8H2. The Morgan fingerprint density at radius 3 is 2.60 bits per heavy atom. The van der Waals surface area contributed by atoms with Crippen molar-refractivity contribution < 1.29 is 17.6 Å². The lowest BCUT2D eigenvalue weighted by Gasteiger charge is -2.15. The van der Waals surface area contributed by atoms with Gasteiger partial charge in [-0.25, -0.2) is 0 Å². The lowest BCUT2D eigenvalue weighted by atomic mass is 10.1. The summed E-state index contributed by atoms with van der Waals surface area (Å²) in [5.74, 6) is 0.274. The van der Waals surface area contributed by atoms with Crippen LogP contribution < -0.4 is 5.32 Å². The molecule has 0 saturated heterocycles. The van der Waals surface area contributed by atoms with Crippen LogP contribution in [0.2, 0.25) is 0 Å². The highest BCUT2D eigenvalue weighted by molar-refractivity contribution is 5.76. The van der Waals surface area contributed by atoms with Crippen LogP contribution in [0.5, 0.6) is 0 Å². The molecule has 9 heteroatoms. The summed E-state index contributed by atoms with van der Waals surface area (Å²) >= 11 is 0. The first-order chi connectivity index (χ1) is 12.0. The molecule has 3 heterocycles. The number of rotatable bonds is 3. The van der Waals surface area contributed by atoms with E-state index < -0.39 is 11.7 Å². The van der Waals surface area contributed by atoms with Crippen LogP contribution in [0.25, 0.3) is 11.6 Å². The minimum atomic E-state index is -4.36. The Bertz CT molecular complexity index is 869. The summed E-state index contributed by atoms with van der Waals surface area (Å²) in [6.07, 6.45) is -0.266. The maximum absolute atomic E-state index is 12.7. The van der Waals surface area contributed by atoms with E-state index in [1.54, 1.807) is 0 Å². The number of nitrogens with one attached hydrogen (secondary N) is 1. The van der Waals surface area contributed by atoms with Crippen LogP contribution in [-0.4, -0.2) is 20.0 Å². The highest BCUT2D eigenvalue weighted by atomic mass is 19.4. The van der Waals surface area contributed by atoms with E-state index in [1.807, 2.05) is 4.68 Å². The largest absolute Gasteiger partial charge is 0.422 e. The molecule has 1 aliphatic rings. The molecule has 0 amide bonds. The third-order valence-electron chi connectivity index (χ3n) is 4.14. The van der Waals surface area contributed by atoms with Crippen LogP contribution in [-0.2, 0) is 19.1 Å². The van der Waals surface area contributed by atoms with Gasteiger partial charge in [-0.1, -0.05) is 0 Å². The highest BCUT2D eigenvalue weighted by Gasteiger charge is 2.30. The molecule has 3 aromatic rings. The fraction of sp³-hybridized carbons (Fsp3) is 0.312. The number of fused-ring (bicyclic) bond motifs is 1. The monoisotopic (exact) mass is 349 g/mol. The van der Waals surface area contributed by atoms with Crippen LogP contribution in [0.3, 0.4) is 0 Å². The van der Waals surface area contributed by atoms with Gasteiger partial charge in [-0.2, -0.15) is 18.3 Å². The van der Waals surface area contributed by atoms with Gasteiger partial charge < -0.3 is 9.73 Å². The van der Waals surface area contributed by atoms with Gasteiger partial charge in [-0.3, -0.25) is 4.68 Å². The number of alkyl halides is 3. The molecule has 0 atom stereocenters. The Balaban J connectivity index is 1.71. The van der Waals surface area contributed by atoms with Crippen LogP contribution >= 0.6 is 0 Å². The summed E-state index contributed by atoms with van der Waals surface area (Å²) in [6, 6.07) is 4.88. The summed E-state index contributed by atoms with van der Waals surface area (Å²) in [7, 11) is 0. The average molecular weight is 349 g/mol. The first-order valence-corrected chi connectivity index (χ1v) is 7.83. The Morgan fingerprint density at radius 2 is 1.92 bits per heavy atom. The Morgan fingerprint density at radius 1 is 1.12 bits per heavy atom. The van der Waals surface area contributed by atoms with Crippen molar-refractivity contribution in [1.82, 2.24) is 20.0 Å². The van der Waals surface area contributed by atoms with Gasteiger partial charge in [-0.05, 0) is 43.5 Å². The molecule has 1 aromatic carbocycles. The number of hydrogen-bond acceptors (Lipinski definition) is 5. The minimum absolute atomic E-state index is 0.274. The van der Waals surface area contributed by atoms with Crippen LogP contribution in [0.15, 0.2) is 35.1 Å². The number of halogens is 3. The van der Waals surface area contributed by atoms with E-state index in [4.69, 9.17) is 4.42 Å². The van der Waals surface area contributed by atoms with Gasteiger partial charge >= 0.3 is 6.18 Å². The van der Waals surface area contributed by atoms with Crippen molar-refractivity contribution in [3.8, 4) is 11.6 Å². The van der Waals surface area contributed by atoms with Crippen molar-refractivity contribution in [3.63, 3.8) is 0 Å². The lowest BCUT2D eigenvalue weighted by Crippen LogP contribution is -2.11. The molecule has 0 fully saturated rings. The average Bonchev–Trinajstić information content (AvgIpc) is 3.23. The van der Waals surface area contributed by atoms with E-state index in [0.717, 1.165) is 43.6 Å². The van der Waals surface area contributed by atoms with Gasteiger partial charge in [0.25, 0.3) is 5.89 Å². The Kier molecular flexibility index (Phi) is 3.70. The van der Waals surface area contributed by atoms with Crippen LogP contribution in [0.1, 0.15) is 24.1 Å². The minimum Gasteiger partial charge on any atom is -0.422 e. The van der Waals surface area contributed by atoms with Gasteiger partial charge in [0.1, 0.15) is 0 Å². The summed E-state index contributed by atoms with van der Waals surface area (Å²) in [5, 5.41) is 15.3. The molecule has 0 aliphatic carbocycles. The molecule has 130 valence electrons. The van der Waals surface area contributed by atoms with Crippen molar-refractivity contribution in [2.75, 3.05) is 5.32 Å². The first-order valence-electron chi connectivity index (χ1n) is 7.83. The van der Waals surface area contributed by atoms with Crippen molar-refractivity contribution >= 4 is 11.4 Å².